The highest BCUT2D eigenvalue weighted by Gasteiger charge is 2.32. The SMILES string of the molecule is CN(C[C@H]1CC[C@H](COCC=CCN2CCCC2)CC1)S(=O)(=O)c1ccc(C(F)(F)F)cc1. The molecule has 1 heterocycles. The highest BCUT2D eigenvalue weighted by molar-refractivity contribution is 7.89. The molecule has 0 amide bonds. The van der Waals surface area contributed by atoms with Crippen LogP contribution in [0.1, 0.15) is 44.1 Å². The molecule has 3 rings (SSSR count). The van der Waals surface area contributed by atoms with Gasteiger partial charge in [-0.15, -0.1) is 0 Å². The molecule has 1 aliphatic heterocycles. The van der Waals surface area contributed by atoms with Gasteiger partial charge in [-0.2, -0.15) is 13.2 Å². The minimum atomic E-state index is -4.49. The lowest BCUT2D eigenvalue weighted by Crippen LogP contribution is -2.34. The average molecular weight is 489 g/mol. The first kappa shape index (κ1) is 26.2. The number of sulfonamides is 1. The van der Waals surface area contributed by atoms with E-state index in [1.54, 1.807) is 0 Å². The van der Waals surface area contributed by atoms with Crippen LogP contribution >= 0.6 is 0 Å². The normalized spacial score (nSPS) is 23.1. The number of nitrogens with zero attached hydrogens (tertiary/aromatic N) is 2. The van der Waals surface area contributed by atoms with Crippen molar-refractivity contribution in [3.05, 3.63) is 42.0 Å². The fourth-order valence-electron chi connectivity index (χ4n) is 4.60. The van der Waals surface area contributed by atoms with Crippen LogP contribution in [0.25, 0.3) is 0 Å². The average Bonchev–Trinajstić information content (AvgIpc) is 3.30. The second-order valence-electron chi connectivity index (χ2n) is 9.21. The number of benzene rings is 1. The molecule has 0 radical (unpaired) electrons. The van der Waals surface area contributed by atoms with Gasteiger partial charge in [0.1, 0.15) is 0 Å². The van der Waals surface area contributed by atoms with Crippen molar-refractivity contribution < 1.29 is 26.3 Å². The Labute approximate surface area is 195 Å². The minimum absolute atomic E-state index is 0.113. The maximum absolute atomic E-state index is 12.8. The molecule has 0 unspecified atom stereocenters. The summed E-state index contributed by atoms with van der Waals surface area (Å²) in [6, 6.07) is 3.69. The first-order chi connectivity index (χ1) is 15.7. The quantitative estimate of drug-likeness (QED) is 0.351. The monoisotopic (exact) mass is 488 g/mol. The van der Waals surface area contributed by atoms with Gasteiger partial charge in [-0.25, -0.2) is 12.7 Å². The van der Waals surface area contributed by atoms with Gasteiger partial charge >= 0.3 is 6.18 Å². The van der Waals surface area contributed by atoms with Crippen LogP contribution in [0.2, 0.25) is 0 Å². The maximum atomic E-state index is 12.8. The van der Waals surface area contributed by atoms with Crippen molar-refractivity contribution in [2.45, 2.75) is 49.6 Å². The molecule has 0 spiro atoms. The van der Waals surface area contributed by atoms with E-state index in [9.17, 15) is 21.6 Å². The number of alkyl halides is 3. The van der Waals surface area contributed by atoms with Crippen LogP contribution in [0.4, 0.5) is 13.2 Å². The van der Waals surface area contributed by atoms with Crippen molar-refractivity contribution in [3.63, 3.8) is 0 Å². The van der Waals surface area contributed by atoms with E-state index in [0.29, 0.717) is 19.1 Å². The summed E-state index contributed by atoms with van der Waals surface area (Å²) in [5, 5.41) is 0. The van der Waals surface area contributed by atoms with Crippen LogP contribution in [-0.2, 0) is 20.9 Å². The lowest BCUT2D eigenvalue weighted by molar-refractivity contribution is -0.137. The lowest BCUT2D eigenvalue weighted by atomic mass is 9.82. The number of hydrogen-bond donors (Lipinski definition) is 0. The van der Waals surface area contributed by atoms with Crippen molar-refractivity contribution >= 4 is 10.0 Å². The first-order valence-corrected chi connectivity index (χ1v) is 13.2. The third-order valence-corrected chi connectivity index (χ3v) is 8.51. The number of rotatable bonds is 10. The summed E-state index contributed by atoms with van der Waals surface area (Å²) in [6.07, 6.45) is 6.21. The smallest absolute Gasteiger partial charge is 0.377 e. The standard InChI is InChI=1S/C24H35F3N2O3S/c1-28(33(30,31)23-12-10-22(11-13-23)24(25,26)27)18-20-6-8-21(9-7-20)19-32-17-5-4-16-29-14-2-3-15-29/h4-5,10-13,20-21H,2-3,6-9,14-19H2,1H3/t20-,21-. The van der Waals surface area contributed by atoms with Gasteiger partial charge in [-0.3, -0.25) is 4.90 Å². The molecular formula is C24H35F3N2O3S. The van der Waals surface area contributed by atoms with Gasteiger partial charge in [0, 0.05) is 26.7 Å². The largest absolute Gasteiger partial charge is 0.416 e. The molecule has 0 aromatic heterocycles. The maximum Gasteiger partial charge on any atom is 0.416 e. The molecule has 1 aromatic carbocycles. The molecule has 0 bridgehead atoms. The topological polar surface area (TPSA) is 49.9 Å². The molecular weight excluding hydrogens is 453 g/mol. The predicted molar refractivity (Wildman–Crippen MR) is 122 cm³/mol. The van der Waals surface area contributed by atoms with Gasteiger partial charge in [-0.1, -0.05) is 12.2 Å². The summed E-state index contributed by atoms with van der Waals surface area (Å²) >= 11 is 0. The Bertz CT molecular complexity index is 858. The van der Waals surface area contributed by atoms with Gasteiger partial charge in [0.2, 0.25) is 10.0 Å². The van der Waals surface area contributed by atoms with E-state index in [1.807, 2.05) is 0 Å². The summed E-state index contributed by atoms with van der Waals surface area (Å²) in [7, 11) is -2.32. The second kappa shape index (κ2) is 11.8. The number of halogens is 3. The van der Waals surface area contributed by atoms with E-state index in [-0.39, 0.29) is 10.8 Å². The second-order valence-corrected chi connectivity index (χ2v) is 11.3. The molecule has 5 nitrogen and oxygen atoms in total. The molecule has 9 heteroatoms. The van der Waals surface area contributed by atoms with Gasteiger partial charge in [-0.05, 0) is 87.7 Å². The molecule has 186 valence electrons. The zero-order chi connectivity index (χ0) is 23.9. The Kier molecular flexibility index (Phi) is 9.38. The Balaban J connectivity index is 1.36. The van der Waals surface area contributed by atoms with Crippen molar-refractivity contribution in [1.82, 2.24) is 9.21 Å². The Hall–Kier alpha value is -1.42. The molecule has 1 saturated heterocycles. The van der Waals surface area contributed by atoms with Crippen LogP contribution in [0.5, 0.6) is 0 Å². The van der Waals surface area contributed by atoms with Crippen LogP contribution in [0, 0.1) is 11.8 Å². The molecule has 1 aromatic rings. The summed E-state index contributed by atoms with van der Waals surface area (Å²) < 4.78 is 70.8. The van der Waals surface area contributed by atoms with Crippen LogP contribution in [0.15, 0.2) is 41.3 Å². The number of ether oxygens (including phenoxy) is 1. The first-order valence-electron chi connectivity index (χ1n) is 11.7. The molecule has 0 atom stereocenters. The Morgan fingerprint density at radius 3 is 2.24 bits per heavy atom. The lowest BCUT2D eigenvalue weighted by Gasteiger charge is -2.30. The fourth-order valence-corrected chi connectivity index (χ4v) is 5.84. The number of likely N-dealkylation sites (tertiary alicyclic amines) is 1. The van der Waals surface area contributed by atoms with Crippen molar-refractivity contribution in [1.29, 1.82) is 0 Å². The minimum Gasteiger partial charge on any atom is -0.377 e. The molecule has 2 fully saturated rings. The summed E-state index contributed by atoms with van der Waals surface area (Å²) in [6.45, 7) is 5.10. The van der Waals surface area contributed by atoms with Crippen LogP contribution in [0.3, 0.4) is 0 Å². The summed E-state index contributed by atoms with van der Waals surface area (Å²) in [5.41, 5.74) is -0.855. The molecule has 0 N–H and O–H groups in total. The van der Waals surface area contributed by atoms with E-state index >= 15 is 0 Å². The molecule has 1 aliphatic carbocycles. The highest BCUT2D eigenvalue weighted by atomic mass is 32.2. The van der Waals surface area contributed by atoms with E-state index < -0.39 is 21.8 Å². The Morgan fingerprint density at radius 2 is 1.64 bits per heavy atom. The number of hydrogen-bond acceptors (Lipinski definition) is 4. The van der Waals surface area contributed by atoms with E-state index in [1.165, 1.54) is 37.3 Å². The van der Waals surface area contributed by atoms with Gasteiger partial charge in [0.05, 0.1) is 17.1 Å². The third kappa shape index (κ3) is 7.80. The van der Waals surface area contributed by atoms with Crippen molar-refractivity contribution in [3.8, 4) is 0 Å². The molecule has 2 aliphatic rings. The van der Waals surface area contributed by atoms with Gasteiger partial charge < -0.3 is 4.74 Å². The Morgan fingerprint density at radius 1 is 1.03 bits per heavy atom. The van der Waals surface area contributed by atoms with Crippen LogP contribution < -0.4 is 0 Å². The zero-order valence-electron chi connectivity index (χ0n) is 19.3. The highest BCUT2D eigenvalue weighted by Crippen LogP contribution is 2.32. The van der Waals surface area contributed by atoms with Crippen LogP contribution in [-0.4, -0.2) is 64.1 Å². The van der Waals surface area contributed by atoms with Crippen molar-refractivity contribution in [2.75, 3.05) is 46.4 Å². The summed E-state index contributed by atoms with van der Waals surface area (Å²) in [4.78, 5) is 2.32. The van der Waals surface area contributed by atoms with Crippen molar-refractivity contribution in [2.24, 2.45) is 11.8 Å². The van der Waals surface area contributed by atoms with Gasteiger partial charge in [0.25, 0.3) is 0 Å². The molecule has 33 heavy (non-hydrogen) atoms. The van der Waals surface area contributed by atoms with Gasteiger partial charge in [0.15, 0.2) is 0 Å². The predicted octanol–water partition coefficient (Wildman–Crippen LogP) is 4.80. The fraction of sp³-hybridized carbons (Fsp3) is 0.667. The third-order valence-electron chi connectivity index (χ3n) is 6.67. The van der Waals surface area contributed by atoms with E-state index in [0.717, 1.165) is 63.1 Å². The zero-order valence-corrected chi connectivity index (χ0v) is 20.1. The summed E-state index contributed by atoms with van der Waals surface area (Å²) in [5.74, 6) is 0.737. The molecule has 1 saturated carbocycles. The van der Waals surface area contributed by atoms with E-state index in [4.69, 9.17) is 4.74 Å². The van der Waals surface area contributed by atoms with E-state index in [2.05, 4.69) is 17.1 Å².